The lowest BCUT2D eigenvalue weighted by Gasteiger charge is -2.22. The highest BCUT2D eigenvalue weighted by Gasteiger charge is 2.18. The molecule has 2 N–H and O–H groups in total. The molecule has 0 amide bonds. The molecule has 2 heteroatoms. The van der Waals surface area contributed by atoms with Crippen LogP contribution >= 0.6 is 0 Å². The highest BCUT2D eigenvalue weighted by Crippen LogP contribution is 2.36. The predicted molar refractivity (Wildman–Crippen MR) is 63.0 cm³/mol. The Bertz CT molecular complexity index is 407. The molecule has 0 saturated heterocycles. The summed E-state index contributed by atoms with van der Waals surface area (Å²) in [7, 11) is 1.72. The Kier molecular flexibility index (Phi) is 2.78. The van der Waals surface area contributed by atoms with E-state index in [0.717, 1.165) is 18.6 Å². The van der Waals surface area contributed by atoms with E-state index in [1.807, 2.05) is 6.07 Å². The predicted octanol–water partition coefficient (Wildman–Crippen LogP) is 2.37. The van der Waals surface area contributed by atoms with Gasteiger partial charge in [0, 0.05) is 12.1 Å². The summed E-state index contributed by atoms with van der Waals surface area (Å²) in [5.41, 5.74) is 11.0. The van der Waals surface area contributed by atoms with E-state index >= 15 is 0 Å². The summed E-state index contributed by atoms with van der Waals surface area (Å²) in [4.78, 5) is 0. The van der Waals surface area contributed by atoms with Crippen molar-refractivity contribution >= 4 is 5.57 Å². The van der Waals surface area contributed by atoms with E-state index in [1.165, 1.54) is 22.3 Å². The SMILES string of the molecule is COc1cccc2c1C(C)=C(CN)CC2. The third kappa shape index (κ3) is 1.65. The third-order valence-corrected chi connectivity index (χ3v) is 3.18. The largest absolute Gasteiger partial charge is 0.496 e. The topological polar surface area (TPSA) is 35.2 Å². The van der Waals surface area contributed by atoms with E-state index in [9.17, 15) is 0 Å². The summed E-state index contributed by atoms with van der Waals surface area (Å²) in [6.45, 7) is 2.80. The number of hydrogen-bond acceptors (Lipinski definition) is 2. The van der Waals surface area contributed by atoms with Crippen LogP contribution in [-0.2, 0) is 6.42 Å². The number of hydrogen-bond donors (Lipinski definition) is 1. The lowest BCUT2D eigenvalue weighted by atomic mass is 9.86. The molecule has 0 bridgehead atoms. The first-order valence-corrected chi connectivity index (χ1v) is 5.33. The quantitative estimate of drug-likeness (QED) is 0.801. The van der Waals surface area contributed by atoms with E-state index in [1.54, 1.807) is 7.11 Å². The molecule has 1 aromatic carbocycles. The highest BCUT2D eigenvalue weighted by atomic mass is 16.5. The lowest BCUT2D eigenvalue weighted by molar-refractivity contribution is 0.412. The van der Waals surface area contributed by atoms with Crippen LogP contribution in [0.3, 0.4) is 0 Å². The smallest absolute Gasteiger partial charge is 0.126 e. The molecule has 0 spiro atoms. The molecule has 1 aliphatic rings. The van der Waals surface area contributed by atoms with Gasteiger partial charge in [-0.05, 0) is 37.0 Å². The number of aryl methyl sites for hydroxylation is 1. The summed E-state index contributed by atoms with van der Waals surface area (Å²) >= 11 is 0. The second kappa shape index (κ2) is 4.07. The van der Waals surface area contributed by atoms with Crippen LogP contribution in [0.5, 0.6) is 5.75 Å². The number of fused-ring (bicyclic) bond motifs is 1. The van der Waals surface area contributed by atoms with Crippen LogP contribution in [-0.4, -0.2) is 13.7 Å². The Labute approximate surface area is 90.7 Å². The van der Waals surface area contributed by atoms with Gasteiger partial charge in [0.2, 0.25) is 0 Å². The average Bonchev–Trinajstić information content (AvgIpc) is 2.29. The minimum absolute atomic E-state index is 0.656. The van der Waals surface area contributed by atoms with Gasteiger partial charge in [0.05, 0.1) is 7.11 Å². The fraction of sp³-hybridized carbons (Fsp3) is 0.385. The first-order valence-electron chi connectivity index (χ1n) is 5.33. The molecular weight excluding hydrogens is 186 g/mol. The second-order valence-electron chi connectivity index (χ2n) is 3.93. The van der Waals surface area contributed by atoms with Crippen molar-refractivity contribution in [1.82, 2.24) is 0 Å². The summed E-state index contributed by atoms with van der Waals surface area (Å²) in [6.07, 6.45) is 2.17. The summed E-state index contributed by atoms with van der Waals surface area (Å²) in [5, 5.41) is 0. The molecule has 1 aromatic rings. The molecule has 1 aliphatic carbocycles. The third-order valence-electron chi connectivity index (χ3n) is 3.18. The van der Waals surface area contributed by atoms with Crippen molar-refractivity contribution in [2.45, 2.75) is 19.8 Å². The average molecular weight is 203 g/mol. The maximum atomic E-state index is 5.74. The number of methoxy groups -OCH3 is 1. The van der Waals surface area contributed by atoms with Gasteiger partial charge in [0.1, 0.15) is 5.75 Å². The second-order valence-corrected chi connectivity index (χ2v) is 3.93. The van der Waals surface area contributed by atoms with Gasteiger partial charge in [-0.3, -0.25) is 0 Å². The molecule has 80 valence electrons. The molecule has 15 heavy (non-hydrogen) atoms. The van der Waals surface area contributed by atoms with Crippen LogP contribution in [0.1, 0.15) is 24.5 Å². The van der Waals surface area contributed by atoms with Crippen molar-refractivity contribution in [3.63, 3.8) is 0 Å². The Morgan fingerprint density at radius 3 is 2.80 bits per heavy atom. The van der Waals surface area contributed by atoms with Gasteiger partial charge in [0.15, 0.2) is 0 Å². The number of ether oxygens (including phenoxy) is 1. The fourth-order valence-corrected chi connectivity index (χ4v) is 2.29. The van der Waals surface area contributed by atoms with Gasteiger partial charge in [-0.15, -0.1) is 0 Å². The highest BCUT2D eigenvalue weighted by molar-refractivity contribution is 5.76. The van der Waals surface area contributed by atoms with Gasteiger partial charge < -0.3 is 10.5 Å². The molecule has 0 aromatic heterocycles. The van der Waals surface area contributed by atoms with Crippen LogP contribution in [0, 0.1) is 0 Å². The lowest BCUT2D eigenvalue weighted by Crippen LogP contribution is -2.12. The van der Waals surface area contributed by atoms with Gasteiger partial charge in [-0.2, -0.15) is 0 Å². The maximum absolute atomic E-state index is 5.74. The zero-order valence-corrected chi connectivity index (χ0v) is 9.34. The van der Waals surface area contributed by atoms with Gasteiger partial charge in [-0.1, -0.05) is 17.7 Å². The zero-order valence-electron chi connectivity index (χ0n) is 9.34. The van der Waals surface area contributed by atoms with E-state index < -0.39 is 0 Å². The monoisotopic (exact) mass is 203 g/mol. The Balaban J connectivity index is 2.59. The molecule has 0 heterocycles. The van der Waals surface area contributed by atoms with E-state index in [2.05, 4.69) is 19.1 Å². The molecule has 0 aliphatic heterocycles. The fourth-order valence-electron chi connectivity index (χ4n) is 2.29. The minimum atomic E-state index is 0.656. The van der Waals surface area contributed by atoms with Gasteiger partial charge in [-0.25, -0.2) is 0 Å². The molecule has 2 nitrogen and oxygen atoms in total. The maximum Gasteiger partial charge on any atom is 0.126 e. The van der Waals surface area contributed by atoms with E-state index in [-0.39, 0.29) is 0 Å². The van der Waals surface area contributed by atoms with Crippen molar-refractivity contribution in [2.75, 3.05) is 13.7 Å². The minimum Gasteiger partial charge on any atom is -0.496 e. The van der Waals surface area contributed by atoms with Crippen LogP contribution < -0.4 is 10.5 Å². The van der Waals surface area contributed by atoms with Gasteiger partial charge >= 0.3 is 0 Å². The normalized spacial score (nSPS) is 15.1. The molecular formula is C13H17NO. The zero-order chi connectivity index (χ0) is 10.8. The van der Waals surface area contributed by atoms with Crippen molar-refractivity contribution in [3.8, 4) is 5.75 Å². The van der Waals surface area contributed by atoms with Crippen molar-refractivity contribution < 1.29 is 4.74 Å². The van der Waals surface area contributed by atoms with E-state index in [0.29, 0.717) is 6.54 Å². The van der Waals surface area contributed by atoms with Crippen molar-refractivity contribution in [1.29, 1.82) is 0 Å². The Hall–Kier alpha value is -1.28. The Morgan fingerprint density at radius 2 is 2.13 bits per heavy atom. The standard InChI is InChI=1S/C13H17NO/c1-9-11(8-14)7-6-10-4-3-5-12(15-2)13(9)10/h3-5H,6-8,14H2,1-2H3. The summed E-state index contributed by atoms with van der Waals surface area (Å²) in [5.74, 6) is 0.968. The molecule has 0 fully saturated rings. The first kappa shape index (κ1) is 10.2. The van der Waals surface area contributed by atoms with Crippen LogP contribution in [0.2, 0.25) is 0 Å². The van der Waals surface area contributed by atoms with Crippen molar-refractivity contribution in [3.05, 3.63) is 34.9 Å². The summed E-state index contributed by atoms with van der Waals surface area (Å²) < 4.78 is 5.40. The molecule has 0 atom stereocenters. The van der Waals surface area contributed by atoms with Crippen LogP contribution in [0.25, 0.3) is 5.57 Å². The number of benzene rings is 1. The summed E-state index contributed by atoms with van der Waals surface area (Å²) in [6, 6.07) is 6.24. The van der Waals surface area contributed by atoms with E-state index in [4.69, 9.17) is 10.5 Å². The van der Waals surface area contributed by atoms with Crippen LogP contribution in [0.15, 0.2) is 23.8 Å². The number of nitrogens with two attached hydrogens (primary N) is 1. The molecule has 0 saturated carbocycles. The first-order chi connectivity index (χ1) is 7.27. The van der Waals surface area contributed by atoms with Crippen molar-refractivity contribution in [2.24, 2.45) is 5.73 Å². The Morgan fingerprint density at radius 1 is 1.33 bits per heavy atom. The molecule has 2 rings (SSSR count). The number of rotatable bonds is 2. The van der Waals surface area contributed by atoms with Crippen LogP contribution in [0.4, 0.5) is 0 Å². The number of allylic oxidation sites excluding steroid dienone is 1. The molecule has 0 unspecified atom stereocenters. The molecule has 0 radical (unpaired) electrons. The van der Waals surface area contributed by atoms with Gasteiger partial charge in [0.25, 0.3) is 0 Å².